The lowest BCUT2D eigenvalue weighted by molar-refractivity contribution is -0.136. The topological polar surface area (TPSA) is 65.0 Å². The molecule has 0 aliphatic carbocycles. The average Bonchev–Trinajstić information content (AvgIpc) is 2.90. The van der Waals surface area contributed by atoms with Gasteiger partial charge in [0.05, 0.1) is 34.0 Å². The molecule has 0 saturated carbocycles. The number of carbonyl (C=O) groups excluding carboxylic acids is 2. The lowest BCUT2D eigenvalue weighted by Crippen LogP contribution is -2.43. The summed E-state index contributed by atoms with van der Waals surface area (Å²) >= 11 is 3.16. The van der Waals surface area contributed by atoms with Crippen molar-refractivity contribution in [2.24, 2.45) is 10.9 Å². The third kappa shape index (κ3) is 2.26. The third-order valence-electron chi connectivity index (χ3n) is 4.30. The zero-order chi connectivity index (χ0) is 16.1. The van der Waals surface area contributed by atoms with Gasteiger partial charge in [-0.1, -0.05) is 6.07 Å². The number of ketones is 1. The fraction of sp³-hybridized carbons (Fsp3) is 0.312. The van der Waals surface area contributed by atoms with Crippen LogP contribution in [0.1, 0.15) is 11.5 Å². The first-order valence-electron chi connectivity index (χ1n) is 7.09. The largest absolute Gasteiger partial charge is 0.456 e. The van der Waals surface area contributed by atoms with Gasteiger partial charge >= 0.3 is 5.97 Å². The Morgan fingerprint density at radius 2 is 2.00 bits per heavy atom. The molecule has 3 heterocycles. The normalized spacial score (nSPS) is 26.6. The molecule has 0 N–H and O–H groups in total. The van der Waals surface area contributed by atoms with Gasteiger partial charge in [-0.25, -0.2) is 9.18 Å². The lowest BCUT2D eigenvalue weighted by Gasteiger charge is -2.33. The van der Waals surface area contributed by atoms with Crippen LogP contribution in [-0.4, -0.2) is 37.3 Å². The van der Waals surface area contributed by atoms with E-state index in [2.05, 4.69) is 20.9 Å². The van der Waals surface area contributed by atoms with Gasteiger partial charge in [-0.15, -0.1) is 0 Å². The van der Waals surface area contributed by atoms with Crippen molar-refractivity contribution in [1.82, 2.24) is 0 Å². The van der Waals surface area contributed by atoms with E-state index in [1.54, 1.807) is 12.1 Å². The van der Waals surface area contributed by atoms with Crippen LogP contribution in [0.3, 0.4) is 0 Å². The summed E-state index contributed by atoms with van der Waals surface area (Å²) in [6, 6.07) is 4.50. The maximum Gasteiger partial charge on any atom is 0.337 e. The van der Waals surface area contributed by atoms with Crippen LogP contribution in [-0.2, 0) is 19.1 Å². The summed E-state index contributed by atoms with van der Waals surface area (Å²) in [5.74, 6) is -2.08. The van der Waals surface area contributed by atoms with E-state index in [1.807, 2.05) is 0 Å². The van der Waals surface area contributed by atoms with E-state index in [-0.39, 0.29) is 30.1 Å². The Morgan fingerprint density at radius 1 is 1.17 bits per heavy atom. The minimum Gasteiger partial charge on any atom is -0.456 e. The summed E-state index contributed by atoms with van der Waals surface area (Å²) in [4.78, 5) is 28.9. The molecule has 2 atom stereocenters. The zero-order valence-electron chi connectivity index (χ0n) is 11.8. The number of carbonyl (C=O) groups is 2. The molecule has 0 bridgehead atoms. The van der Waals surface area contributed by atoms with Crippen LogP contribution in [0.2, 0.25) is 0 Å². The second-order valence-electron chi connectivity index (χ2n) is 5.63. The minimum atomic E-state index is -0.564. The third-order valence-corrected chi connectivity index (χ3v) is 4.90. The molecule has 1 aromatic carbocycles. The number of benzene rings is 1. The van der Waals surface area contributed by atoms with E-state index in [0.29, 0.717) is 22.5 Å². The molecule has 4 rings (SSSR count). The molecule has 5 nitrogen and oxygen atoms in total. The molecule has 1 aromatic rings. The molecule has 3 aliphatic heterocycles. The zero-order valence-corrected chi connectivity index (χ0v) is 13.4. The summed E-state index contributed by atoms with van der Waals surface area (Å²) < 4.78 is 24.2. The number of rotatable bonds is 1. The number of fused-ring (bicyclic) bond motifs is 1. The predicted octanol–water partition coefficient (Wildman–Crippen LogP) is 2.15. The van der Waals surface area contributed by atoms with Crippen molar-refractivity contribution in [3.05, 3.63) is 45.3 Å². The van der Waals surface area contributed by atoms with Gasteiger partial charge in [0.1, 0.15) is 19.0 Å². The molecule has 2 unspecified atom stereocenters. The van der Waals surface area contributed by atoms with Crippen molar-refractivity contribution in [2.75, 3.05) is 19.8 Å². The standard InChI is InChI=1S/C16H11BrFNO4/c17-8-3-7(1-2-9(8)18)13-14-10(4-22-6-12(14)20)19-11-5-23-16(21)15(11)13/h1-3,13-14H,4-6H2. The summed E-state index contributed by atoms with van der Waals surface area (Å²) in [6.07, 6.45) is 0. The molecule has 118 valence electrons. The molecule has 3 aliphatic rings. The van der Waals surface area contributed by atoms with E-state index in [9.17, 15) is 14.0 Å². The summed E-state index contributed by atoms with van der Waals surface area (Å²) in [7, 11) is 0. The highest BCUT2D eigenvalue weighted by atomic mass is 79.9. The number of nitrogens with zero attached hydrogens (tertiary/aromatic N) is 1. The van der Waals surface area contributed by atoms with Crippen LogP contribution in [0, 0.1) is 11.7 Å². The number of esters is 1. The van der Waals surface area contributed by atoms with E-state index in [0.717, 1.165) is 0 Å². The van der Waals surface area contributed by atoms with Crippen molar-refractivity contribution >= 4 is 33.4 Å². The summed E-state index contributed by atoms with van der Waals surface area (Å²) in [6.45, 7) is 0.331. The maximum absolute atomic E-state index is 13.6. The Kier molecular flexibility index (Phi) is 3.42. The second kappa shape index (κ2) is 5.35. The second-order valence-corrected chi connectivity index (χ2v) is 6.48. The summed E-state index contributed by atoms with van der Waals surface area (Å²) in [5.41, 5.74) is 2.21. The van der Waals surface area contributed by atoms with E-state index in [4.69, 9.17) is 9.47 Å². The minimum absolute atomic E-state index is 0.0137. The number of hydrogen-bond acceptors (Lipinski definition) is 5. The lowest BCUT2D eigenvalue weighted by atomic mass is 9.73. The van der Waals surface area contributed by atoms with Crippen molar-refractivity contribution in [1.29, 1.82) is 0 Å². The van der Waals surface area contributed by atoms with Crippen LogP contribution in [0.4, 0.5) is 4.39 Å². The Bertz CT molecular complexity index is 801. The number of halogens is 2. The Morgan fingerprint density at radius 3 is 2.78 bits per heavy atom. The van der Waals surface area contributed by atoms with Crippen LogP contribution < -0.4 is 0 Å². The molecule has 0 aromatic heterocycles. The molecule has 0 spiro atoms. The smallest absolute Gasteiger partial charge is 0.337 e. The highest BCUT2D eigenvalue weighted by Crippen LogP contribution is 2.43. The first-order valence-corrected chi connectivity index (χ1v) is 7.88. The van der Waals surface area contributed by atoms with Gasteiger partial charge in [0.2, 0.25) is 0 Å². The van der Waals surface area contributed by atoms with E-state index >= 15 is 0 Å². The van der Waals surface area contributed by atoms with Crippen molar-refractivity contribution in [3.8, 4) is 0 Å². The fourth-order valence-electron chi connectivity index (χ4n) is 3.31. The van der Waals surface area contributed by atoms with Gasteiger partial charge in [-0.05, 0) is 33.6 Å². The van der Waals surface area contributed by atoms with Crippen LogP contribution in [0.25, 0.3) is 0 Å². The molecule has 1 fully saturated rings. The van der Waals surface area contributed by atoms with Crippen LogP contribution in [0.15, 0.2) is 38.9 Å². The highest BCUT2D eigenvalue weighted by molar-refractivity contribution is 9.10. The maximum atomic E-state index is 13.6. The summed E-state index contributed by atoms with van der Waals surface area (Å²) in [5, 5.41) is 0. The molecule has 1 saturated heterocycles. The van der Waals surface area contributed by atoms with Crippen molar-refractivity contribution in [3.63, 3.8) is 0 Å². The molecule has 0 amide bonds. The molecular formula is C16H11BrFNO4. The quantitative estimate of drug-likeness (QED) is 0.701. The monoisotopic (exact) mass is 379 g/mol. The molecule has 7 heteroatoms. The highest BCUT2D eigenvalue weighted by Gasteiger charge is 2.47. The number of Topliss-reactive ketones (excluding diaryl/α,β-unsaturated/α-hetero) is 1. The van der Waals surface area contributed by atoms with Crippen LogP contribution in [0.5, 0.6) is 0 Å². The molecule has 23 heavy (non-hydrogen) atoms. The van der Waals surface area contributed by atoms with E-state index < -0.39 is 23.6 Å². The molecule has 0 radical (unpaired) electrons. The Labute approximate surface area is 139 Å². The predicted molar refractivity (Wildman–Crippen MR) is 81.6 cm³/mol. The van der Waals surface area contributed by atoms with Gasteiger partial charge in [0, 0.05) is 5.92 Å². The molecular weight excluding hydrogens is 369 g/mol. The van der Waals surface area contributed by atoms with E-state index in [1.165, 1.54) is 6.07 Å². The van der Waals surface area contributed by atoms with Crippen molar-refractivity contribution < 1.29 is 23.5 Å². The number of hydrogen-bond donors (Lipinski definition) is 0. The van der Waals surface area contributed by atoms with Gasteiger partial charge in [-0.2, -0.15) is 0 Å². The van der Waals surface area contributed by atoms with Gasteiger partial charge in [0.15, 0.2) is 5.78 Å². The van der Waals surface area contributed by atoms with Crippen LogP contribution >= 0.6 is 15.9 Å². The fourth-order valence-corrected chi connectivity index (χ4v) is 3.71. The van der Waals surface area contributed by atoms with Crippen molar-refractivity contribution in [2.45, 2.75) is 5.92 Å². The SMILES string of the molecule is O=C1OCC2=C1C(c1ccc(F)c(Br)c1)C1C(=O)COCC1=N2. The number of cyclic esters (lactones) is 1. The van der Waals surface area contributed by atoms with Gasteiger partial charge in [0.25, 0.3) is 0 Å². The van der Waals surface area contributed by atoms with Gasteiger partial charge < -0.3 is 9.47 Å². The van der Waals surface area contributed by atoms with Gasteiger partial charge in [-0.3, -0.25) is 9.79 Å². The Hall–Kier alpha value is -1.86. The first-order chi connectivity index (χ1) is 11.1. The number of ether oxygens (including phenoxy) is 2. The Balaban J connectivity index is 1.89. The first kappa shape index (κ1) is 14.7. The average molecular weight is 380 g/mol. The number of aliphatic imine (C=N–C) groups is 1.